The number of carbonyl (C=O) groups excluding carboxylic acids is 1. The van der Waals surface area contributed by atoms with Gasteiger partial charge < -0.3 is 14.4 Å². The number of hydrogen-bond acceptors (Lipinski definition) is 5. The van der Waals surface area contributed by atoms with Gasteiger partial charge in [-0.25, -0.2) is 8.42 Å². The van der Waals surface area contributed by atoms with Gasteiger partial charge in [-0.2, -0.15) is 17.5 Å². The van der Waals surface area contributed by atoms with Crippen LogP contribution in [0, 0.1) is 5.92 Å². The first-order valence-corrected chi connectivity index (χ1v) is 12.8. The maximum Gasteiger partial charge on any atom is 0.416 e. The SMILES string of the molecule is O=C(C1CC1c1ccc(C(F)(F)F)cc1)N1CCN(S(=O)(=O)C2C=C3OCCOC3=CC2)CC1. The fourth-order valence-electron chi connectivity index (χ4n) is 4.75. The second-order valence-corrected chi connectivity index (χ2v) is 11.1. The summed E-state index contributed by atoms with van der Waals surface area (Å²) in [6, 6.07) is 4.96. The van der Waals surface area contributed by atoms with Crippen LogP contribution in [-0.4, -0.2) is 68.2 Å². The molecule has 1 saturated carbocycles. The topological polar surface area (TPSA) is 76.2 Å². The number of alkyl halides is 3. The Labute approximate surface area is 195 Å². The van der Waals surface area contributed by atoms with Crippen LogP contribution in [0.4, 0.5) is 13.2 Å². The molecule has 34 heavy (non-hydrogen) atoms. The lowest BCUT2D eigenvalue weighted by molar-refractivity contribution is -0.137. The van der Waals surface area contributed by atoms with Gasteiger partial charge in [0, 0.05) is 32.1 Å². The van der Waals surface area contributed by atoms with Crippen molar-refractivity contribution < 1.29 is 35.9 Å². The van der Waals surface area contributed by atoms with Crippen molar-refractivity contribution in [3.05, 3.63) is 59.1 Å². The van der Waals surface area contributed by atoms with Crippen molar-refractivity contribution in [1.82, 2.24) is 9.21 Å². The number of halogens is 3. The summed E-state index contributed by atoms with van der Waals surface area (Å²) in [4.78, 5) is 14.6. The lowest BCUT2D eigenvalue weighted by atomic mass is 10.1. The van der Waals surface area contributed by atoms with Crippen molar-refractivity contribution in [2.75, 3.05) is 39.4 Å². The lowest BCUT2D eigenvalue weighted by Crippen LogP contribution is -2.52. The second kappa shape index (κ2) is 8.60. The van der Waals surface area contributed by atoms with Crippen LogP contribution in [0.15, 0.2) is 47.9 Å². The minimum absolute atomic E-state index is 0.0675. The monoisotopic (exact) mass is 498 g/mol. The van der Waals surface area contributed by atoms with E-state index in [4.69, 9.17) is 9.47 Å². The molecule has 2 heterocycles. The van der Waals surface area contributed by atoms with Crippen LogP contribution in [0.3, 0.4) is 0 Å². The van der Waals surface area contributed by atoms with Crippen molar-refractivity contribution in [3.8, 4) is 0 Å². The van der Waals surface area contributed by atoms with Gasteiger partial charge in [-0.15, -0.1) is 0 Å². The van der Waals surface area contributed by atoms with Gasteiger partial charge in [0.1, 0.15) is 18.5 Å². The smallest absolute Gasteiger partial charge is 0.416 e. The number of hydrogen-bond donors (Lipinski definition) is 0. The third-order valence-electron chi connectivity index (χ3n) is 6.78. The third kappa shape index (κ3) is 4.43. The first-order valence-electron chi connectivity index (χ1n) is 11.3. The van der Waals surface area contributed by atoms with Gasteiger partial charge in [-0.05, 0) is 48.6 Å². The summed E-state index contributed by atoms with van der Waals surface area (Å²) in [5, 5.41) is -0.734. The summed E-state index contributed by atoms with van der Waals surface area (Å²) < 4.78 is 77.0. The zero-order chi connectivity index (χ0) is 24.1. The number of sulfonamides is 1. The zero-order valence-electron chi connectivity index (χ0n) is 18.3. The van der Waals surface area contributed by atoms with Crippen molar-refractivity contribution in [1.29, 1.82) is 0 Å². The van der Waals surface area contributed by atoms with Crippen LogP contribution in [0.2, 0.25) is 0 Å². The molecule has 3 atom stereocenters. The Hall–Kier alpha value is -2.53. The van der Waals surface area contributed by atoms with Crippen molar-refractivity contribution in [2.45, 2.75) is 30.2 Å². The average Bonchev–Trinajstić information content (AvgIpc) is 3.64. The summed E-state index contributed by atoms with van der Waals surface area (Å²) in [5.74, 6) is 0.615. The Balaban J connectivity index is 1.16. The summed E-state index contributed by atoms with van der Waals surface area (Å²) in [5.41, 5.74) is 0.0132. The van der Waals surface area contributed by atoms with E-state index < -0.39 is 27.0 Å². The molecule has 3 fully saturated rings. The van der Waals surface area contributed by atoms with E-state index in [0.717, 1.165) is 17.7 Å². The number of rotatable bonds is 4. The van der Waals surface area contributed by atoms with E-state index in [-0.39, 0.29) is 43.9 Å². The molecule has 7 nitrogen and oxygen atoms in total. The van der Waals surface area contributed by atoms with Crippen molar-refractivity contribution in [3.63, 3.8) is 0 Å². The molecule has 0 spiro atoms. The highest BCUT2D eigenvalue weighted by molar-refractivity contribution is 7.89. The molecule has 0 bridgehead atoms. The molecular weight excluding hydrogens is 473 g/mol. The standard InChI is InChI=1S/C23H25F3N2O5S/c24-23(25,26)16-3-1-15(2-4-16)18-14-19(18)22(29)27-7-9-28(10-8-27)34(30,31)17-5-6-20-21(13-17)33-12-11-32-20/h1-4,6,13,17-19H,5,7-12,14H2. The Morgan fingerprint density at radius 3 is 2.26 bits per heavy atom. The molecule has 11 heteroatoms. The molecule has 1 aromatic rings. The zero-order valence-corrected chi connectivity index (χ0v) is 19.1. The molecule has 184 valence electrons. The first kappa shape index (κ1) is 23.2. The number of ether oxygens (including phenoxy) is 2. The largest absolute Gasteiger partial charge is 0.486 e. The predicted molar refractivity (Wildman–Crippen MR) is 116 cm³/mol. The molecule has 0 aromatic heterocycles. The van der Waals surface area contributed by atoms with Gasteiger partial charge in [-0.3, -0.25) is 4.79 Å². The number of nitrogens with zero attached hydrogens (tertiary/aromatic N) is 2. The van der Waals surface area contributed by atoms with Crippen LogP contribution in [-0.2, 0) is 30.5 Å². The summed E-state index contributed by atoms with van der Waals surface area (Å²) >= 11 is 0. The maximum atomic E-state index is 13.1. The summed E-state index contributed by atoms with van der Waals surface area (Å²) in [6.45, 7) is 1.82. The van der Waals surface area contributed by atoms with Crippen molar-refractivity contribution in [2.24, 2.45) is 5.92 Å². The van der Waals surface area contributed by atoms with Crippen LogP contribution >= 0.6 is 0 Å². The molecule has 2 aliphatic heterocycles. The molecule has 1 amide bonds. The Kier molecular flexibility index (Phi) is 5.87. The summed E-state index contributed by atoms with van der Waals surface area (Å²) in [6.07, 6.45) is -0.151. The van der Waals surface area contributed by atoms with Crippen molar-refractivity contribution >= 4 is 15.9 Å². The first-order chi connectivity index (χ1) is 16.1. The van der Waals surface area contributed by atoms with Crippen LogP contribution in [0.1, 0.15) is 29.9 Å². The molecule has 3 unspecified atom stereocenters. The molecular formula is C23H25F3N2O5S. The van der Waals surface area contributed by atoms with Gasteiger partial charge in [0.2, 0.25) is 15.9 Å². The number of carbonyl (C=O) groups is 1. The van der Waals surface area contributed by atoms with Gasteiger partial charge in [-0.1, -0.05) is 12.1 Å². The minimum Gasteiger partial charge on any atom is -0.486 e. The molecule has 2 aliphatic carbocycles. The normalized spacial score (nSPS) is 27.6. The molecule has 4 aliphatic rings. The molecule has 0 N–H and O–H groups in total. The van der Waals surface area contributed by atoms with Crippen LogP contribution in [0.25, 0.3) is 0 Å². The van der Waals surface area contributed by atoms with Gasteiger partial charge in [0.15, 0.2) is 11.5 Å². The van der Waals surface area contributed by atoms with Crippen LogP contribution in [0.5, 0.6) is 0 Å². The number of allylic oxidation sites excluding steroid dienone is 1. The molecule has 2 saturated heterocycles. The number of piperazine rings is 1. The van der Waals surface area contributed by atoms with Gasteiger partial charge in [0.05, 0.1) is 5.56 Å². The van der Waals surface area contributed by atoms with E-state index in [9.17, 15) is 26.4 Å². The second-order valence-electron chi connectivity index (χ2n) is 8.91. The van der Waals surface area contributed by atoms with Crippen LogP contribution < -0.4 is 0 Å². The van der Waals surface area contributed by atoms with Gasteiger partial charge in [0.25, 0.3) is 0 Å². The fourth-order valence-corrected chi connectivity index (χ4v) is 6.44. The molecule has 5 rings (SSSR count). The fraction of sp³-hybridized carbons (Fsp3) is 0.522. The van der Waals surface area contributed by atoms with E-state index in [0.29, 0.717) is 37.6 Å². The highest BCUT2D eigenvalue weighted by atomic mass is 32.2. The van der Waals surface area contributed by atoms with E-state index in [1.54, 1.807) is 17.1 Å². The highest BCUT2D eigenvalue weighted by Crippen LogP contribution is 2.49. The van der Waals surface area contributed by atoms with E-state index in [1.807, 2.05) is 0 Å². The predicted octanol–water partition coefficient (Wildman–Crippen LogP) is 2.87. The van der Waals surface area contributed by atoms with E-state index >= 15 is 0 Å². The van der Waals surface area contributed by atoms with Gasteiger partial charge >= 0.3 is 6.18 Å². The number of benzene rings is 1. The Morgan fingerprint density at radius 1 is 0.971 bits per heavy atom. The maximum absolute atomic E-state index is 13.1. The third-order valence-corrected chi connectivity index (χ3v) is 8.96. The number of amides is 1. The van der Waals surface area contributed by atoms with E-state index in [1.165, 1.54) is 16.4 Å². The molecule has 0 radical (unpaired) electrons. The molecule has 1 aromatic carbocycles. The highest BCUT2D eigenvalue weighted by Gasteiger charge is 2.47. The minimum atomic E-state index is -4.39. The summed E-state index contributed by atoms with van der Waals surface area (Å²) in [7, 11) is -3.61. The number of fused-ring (bicyclic) bond motifs is 1. The quantitative estimate of drug-likeness (QED) is 0.638. The Bertz CT molecular complexity index is 1120. The lowest BCUT2D eigenvalue weighted by Gasteiger charge is -2.36. The Morgan fingerprint density at radius 2 is 1.62 bits per heavy atom. The van der Waals surface area contributed by atoms with E-state index in [2.05, 4.69) is 0 Å². The average molecular weight is 499 g/mol.